The molecule has 0 fully saturated rings. The quantitative estimate of drug-likeness (QED) is 0.183. The molecule has 8 aromatic carbocycles. The Labute approximate surface area is 291 Å². The third kappa shape index (κ3) is 4.27. The molecule has 1 aliphatic rings. The van der Waals surface area contributed by atoms with Gasteiger partial charge in [-0.05, 0) is 103 Å². The highest BCUT2D eigenvalue weighted by Crippen LogP contribution is 2.57. The lowest BCUT2D eigenvalue weighted by atomic mass is 9.67. The summed E-state index contributed by atoms with van der Waals surface area (Å²) >= 11 is 0. The van der Waals surface area contributed by atoms with Gasteiger partial charge in [-0.3, -0.25) is 0 Å². The third-order valence-corrected chi connectivity index (χ3v) is 10.5. The van der Waals surface area contributed by atoms with Crippen molar-refractivity contribution in [2.75, 3.05) is 0 Å². The van der Waals surface area contributed by atoms with E-state index in [0.29, 0.717) is 0 Å². The molecule has 1 nitrogen and oxygen atoms in total. The summed E-state index contributed by atoms with van der Waals surface area (Å²) in [4.78, 5) is 0. The lowest BCUT2D eigenvalue weighted by Crippen LogP contribution is -2.28. The second-order valence-corrected chi connectivity index (χ2v) is 13.2. The predicted octanol–water partition coefficient (Wildman–Crippen LogP) is 13.0. The topological polar surface area (TPSA) is 13.1 Å². The fourth-order valence-electron chi connectivity index (χ4n) is 8.38. The highest BCUT2D eigenvalue weighted by Gasteiger charge is 2.46. The molecule has 234 valence electrons. The van der Waals surface area contributed by atoms with Crippen LogP contribution in [0.1, 0.15) is 22.3 Å². The normalized spacial score (nSPS) is 13.0. The molecule has 0 bridgehead atoms. The minimum atomic E-state index is -0.473. The molecule has 1 heteroatoms. The van der Waals surface area contributed by atoms with Crippen molar-refractivity contribution >= 4 is 21.9 Å². The number of fused-ring (bicyclic) bond motifs is 6. The Kier molecular flexibility index (Phi) is 6.47. The summed E-state index contributed by atoms with van der Waals surface area (Å²) in [6.45, 7) is 0. The summed E-state index contributed by atoms with van der Waals surface area (Å²) < 4.78 is 6.83. The maximum absolute atomic E-state index is 6.83. The maximum atomic E-state index is 6.83. The molecule has 9 aromatic rings. The first-order chi connectivity index (χ1) is 24.8. The van der Waals surface area contributed by atoms with Gasteiger partial charge in [0.1, 0.15) is 11.2 Å². The van der Waals surface area contributed by atoms with Crippen LogP contribution in [0.5, 0.6) is 0 Å². The Morgan fingerprint density at radius 2 is 0.840 bits per heavy atom. The Morgan fingerprint density at radius 1 is 0.320 bits per heavy atom. The van der Waals surface area contributed by atoms with Gasteiger partial charge in [-0.2, -0.15) is 0 Å². The van der Waals surface area contributed by atoms with Crippen LogP contribution in [-0.2, 0) is 5.41 Å². The van der Waals surface area contributed by atoms with Crippen LogP contribution in [0.15, 0.2) is 199 Å². The molecule has 10 rings (SSSR count). The van der Waals surface area contributed by atoms with Gasteiger partial charge in [-0.25, -0.2) is 0 Å². The van der Waals surface area contributed by atoms with Crippen LogP contribution in [0.3, 0.4) is 0 Å². The summed E-state index contributed by atoms with van der Waals surface area (Å²) in [5.41, 5.74) is 16.0. The molecule has 0 amide bonds. The van der Waals surface area contributed by atoms with Crippen LogP contribution in [0, 0.1) is 0 Å². The number of hydrogen-bond acceptors (Lipinski definition) is 1. The molecule has 0 N–H and O–H groups in total. The van der Waals surface area contributed by atoms with Crippen molar-refractivity contribution in [2.45, 2.75) is 5.41 Å². The Bertz CT molecular complexity index is 2570. The average molecular weight is 637 g/mol. The molecule has 1 heterocycles. The lowest BCUT2D eigenvalue weighted by Gasteiger charge is -2.33. The van der Waals surface area contributed by atoms with E-state index in [1.165, 1.54) is 66.8 Å². The number of furan rings is 1. The van der Waals surface area contributed by atoms with Crippen molar-refractivity contribution in [2.24, 2.45) is 0 Å². The van der Waals surface area contributed by atoms with E-state index in [1.54, 1.807) is 0 Å². The SMILES string of the molecule is c1ccc(-c2cc(-c3ccccc3)cc(-c3cccc4oc5cc6c(cc5c34)-c3ccccc3C6(c3ccccc3)c3ccccc3)c2)cc1. The van der Waals surface area contributed by atoms with Crippen LogP contribution in [0.4, 0.5) is 0 Å². The van der Waals surface area contributed by atoms with Crippen molar-refractivity contribution < 1.29 is 4.42 Å². The van der Waals surface area contributed by atoms with Crippen molar-refractivity contribution in [1.29, 1.82) is 0 Å². The monoisotopic (exact) mass is 636 g/mol. The smallest absolute Gasteiger partial charge is 0.136 e. The molecule has 0 saturated heterocycles. The van der Waals surface area contributed by atoms with Gasteiger partial charge in [-0.15, -0.1) is 0 Å². The van der Waals surface area contributed by atoms with Crippen LogP contribution < -0.4 is 0 Å². The highest BCUT2D eigenvalue weighted by atomic mass is 16.3. The number of hydrogen-bond donors (Lipinski definition) is 0. The summed E-state index contributed by atoms with van der Waals surface area (Å²) in [5.74, 6) is 0. The highest BCUT2D eigenvalue weighted by molar-refractivity contribution is 6.14. The van der Waals surface area contributed by atoms with Gasteiger partial charge in [0, 0.05) is 10.8 Å². The number of rotatable bonds is 5. The van der Waals surface area contributed by atoms with E-state index in [9.17, 15) is 0 Å². The van der Waals surface area contributed by atoms with Crippen LogP contribution >= 0.6 is 0 Å². The van der Waals surface area contributed by atoms with Gasteiger partial charge in [0.25, 0.3) is 0 Å². The van der Waals surface area contributed by atoms with E-state index < -0.39 is 5.41 Å². The van der Waals surface area contributed by atoms with Crippen molar-refractivity contribution in [3.05, 3.63) is 216 Å². The lowest BCUT2D eigenvalue weighted by molar-refractivity contribution is 0.666. The molecule has 0 atom stereocenters. The molecule has 0 radical (unpaired) electrons. The van der Waals surface area contributed by atoms with Crippen LogP contribution in [0.2, 0.25) is 0 Å². The Morgan fingerprint density at radius 3 is 1.46 bits per heavy atom. The average Bonchev–Trinajstić information content (AvgIpc) is 3.71. The second-order valence-electron chi connectivity index (χ2n) is 13.2. The minimum Gasteiger partial charge on any atom is -0.456 e. The zero-order chi connectivity index (χ0) is 33.1. The summed E-state index contributed by atoms with van der Waals surface area (Å²) in [6.07, 6.45) is 0. The summed E-state index contributed by atoms with van der Waals surface area (Å²) in [6, 6.07) is 70.3. The maximum Gasteiger partial charge on any atom is 0.136 e. The first-order valence-electron chi connectivity index (χ1n) is 17.3. The van der Waals surface area contributed by atoms with Crippen molar-refractivity contribution in [3.63, 3.8) is 0 Å². The van der Waals surface area contributed by atoms with Crippen molar-refractivity contribution in [3.8, 4) is 44.5 Å². The van der Waals surface area contributed by atoms with Crippen molar-refractivity contribution in [1.82, 2.24) is 0 Å². The van der Waals surface area contributed by atoms with Crippen LogP contribution in [0.25, 0.3) is 66.4 Å². The molecule has 50 heavy (non-hydrogen) atoms. The molecule has 0 spiro atoms. The fraction of sp³-hybridized carbons (Fsp3) is 0.0204. The third-order valence-electron chi connectivity index (χ3n) is 10.5. The molecular formula is C49H32O. The molecule has 1 aromatic heterocycles. The standard InChI is InChI=1S/C49H32O/c1-5-16-33(17-6-1)35-28-36(34-18-7-2-8-19-34)30-37(29-35)40-25-15-27-46-48(40)43-31-42-41-24-13-14-26-44(41)49(38-20-9-3-10-21-38,39-22-11-4-12-23-39)45(42)32-47(43)50-46/h1-32H. The van der Waals surface area contributed by atoms with Gasteiger partial charge in [0.2, 0.25) is 0 Å². The Hall–Kier alpha value is -6.44. The molecule has 0 unspecified atom stereocenters. The Balaban J connectivity index is 1.26. The first-order valence-corrected chi connectivity index (χ1v) is 17.3. The first kappa shape index (κ1) is 28.6. The van der Waals surface area contributed by atoms with Gasteiger partial charge in [-0.1, -0.05) is 158 Å². The molecular weight excluding hydrogens is 605 g/mol. The predicted molar refractivity (Wildman–Crippen MR) is 207 cm³/mol. The largest absolute Gasteiger partial charge is 0.456 e. The summed E-state index contributed by atoms with van der Waals surface area (Å²) in [5, 5.41) is 2.27. The van der Waals surface area contributed by atoms with Gasteiger partial charge in [0.15, 0.2) is 0 Å². The van der Waals surface area contributed by atoms with E-state index in [0.717, 1.165) is 21.9 Å². The number of benzene rings is 8. The minimum absolute atomic E-state index is 0.473. The van der Waals surface area contributed by atoms with Gasteiger partial charge < -0.3 is 4.42 Å². The van der Waals surface area contributed by atoms with E-state index in [2.05, 4.69) is 194 Å². The van der Waals surface area contributed by atoms with E-state index >= 15 is 0 Å². The fourth-order valence-corrected chi connectivity index (χ4v) is 8.38. The molecule has 1 aliphatic carbocycles. The van der Waals surface area contributed by atoms with Gasteiger partial charge in [0.05, 0.1) is 5.41 Å². The zero-order valence-electron chi connectivity index (χ0n) is 27.4. The second kappa shape index (κ2) is 11.3. The van der Waals surface area contributed by atoms with Gasteiger partial charge >= 0.3 is 0 Å². The van der Waals surface area contributed by atoms with E-state index in [1.807, 2.05) is 0 Å². The van der Waals surface area contributed by atoms with Crippen LogP contribution in [-0.4, -0.2) is 0 Å². The molecule has 0 aliphatic heterocycles. The van der Waals surface area contributed by atoms with E-state index in [4.69, 9.17) is 4.42 Å². The van der Waals surface area contributed by atoms with E-state index in [-0.39, 0.29) is 0 Å². The molecule has 0 saturated carbocycles. The zero-order valence-corrected chi connectivity index (χ0v) is 27.4. The summed E-state index contributed by atoms with van der Waals surface area (Å²) in [7, 11) is 0.